The molecule has 0 radical (unpaired) electrons. The molecular weight excluding hydrogens is 465 g/mol. The zero-order chi connectivity index (χ0) is 12.6. The molecule has 0 aliphatic rings. The van der Waals surface area contributed by atoms with E-state index in [0.717, 1.165) is 0 Å². The zero-order valence-corrected chi connectivity index (χ0v) is 12.0. The van der Waals surface area contributed by atoms with Crippen LogP contribution in [-0.4, -0.2) is 17.5 Å². The fourth-order valence-electron chi connectivity index (χ4n) is 0.853. The van der Waals surface area contributed by atoms with Crippen molar-refractivity contribution in [2.24, 2.45) is 0 Å². The monoisotopic (exact) mass is 480 g/mol. The molecule has 4 N–H and O–H groups in total. The summed E-state index contributed by atoms with van der Waals surface area (Å²) in [4.78, 5) is 20.5. The molecule has 1 rings (SSSR count). The van der Waals surface area contributed by atoms with Crippen LogP contribution in [-0.2, 0) is 4.79 Å². The predicted octanol–water partition coefficient (Wildman–Crippen LogP) is 1.86. The SMILES string of the molecule is CCC.Nc1ccc(C(=O)O)cc1N[C-]=O.[Fm]. The number of rotatable bonds is 3. The molecule has 5 nitrogen and oxygen atoms in total. The molecule has 0 bridgehead atoms. The van der Waals surface area contributed by atoms with Crippen LogP contribution >= 0.6 is 0 Å². The van der Waals surface area contributed by atoms with Gasteiger partial charge in [-0.2, -0.15) is 0 Å². The number of amides is 1. The van der Waals surface area contributed by atoms with E-state index >= 15 is 0 Å². The van der Waals surface area contributed by atoms with E-state index in [4.69, 9.17) is 10.8 Å². The van der Waals surface area contributed by atoms with E-state index in [0.29, 0.717) is 5.69 Å². The first-order valence-electron chi connectivity index (χ1n) is 4.82. The first kappa shape index (κ1) is 16.4. The molecule has 0 atom stereocenters. The summed E-state index contributed by atoms with van der Waals surface area (Å²) in [5.74, 6) is -1.08. The van der Waals surface area contributed by atoms with Gasteiger partial charge < -0.3 is 21.0 Å². The van der Waals surface area contributed by atoms with Gasteiger partial charge in [0.25, 0.3) is 0 Å². The summed E-state index contributed by atoms with van der Waals surface area (Å²) in [5.41, 5.74) is 6.05. The van der Waals surface area contributed by atoms with Crippen molar-refractivity contribution in [2.75, 3.05) is 11.1 Å². The van der Waals surface area contributed by atoms with Crippen molar-refractivity contribution >= 4 is 23.8 Å². The van der Waals surface area contributed by atoms with Gasteiger partial charge in [0.2, 0.25) is 0 Å². The maximum atomic E-state index is 10.5. The number of carbonyl (C=O) groups is 1. The van der Waals surface area contributed by atoms with Gasteiger partial charge in [0, 0.05) is 5.56 Å². The third-order valence-corrected chi connectivity index (χ3v) is 1.49. The third-order valence-electron chi connectivity index (χ3n) is 1.49. The van der Waals surface area contributed by atoms with Crippen molar-refractivity contribution in [2.45, 2.75) is 20.3 Å². The number of nitrogens with one attached hydrogen (secondary N) is 1. The van der Waals surface area contributed by atoms with Crippen LogP contribution in [0.4, 0.5) is 11.4 Å². The van der Waals surface area contributed by atoms with Crippen LogP contribution in [0.25, 0.3) is 0 Å². The van der Waals surface area contributed by atoms with Crippen LogP contribution in [0.15, 0.2) is 18.2 Å². The van der Waals surface area contributed by atoms with Crippen molar-refractivity contribution in [3.05, 3.63) is 23.8 Å². The summed E-state index contributed by atoms with van der Waals surface area (Å²) in [5, 5.41) is 10.8. The molecule has 0 saturated carbocycles. The molecule has 0 fully saturated rings. The first-order chi connectivity index (χ1) is 7.56. The summed E-state index contributed by atoms with van der Waals surface area (Å²) in [6.45, 7) is 4.25. The topological polar surface area (TPSA) is 92.4 Å². The van der Waals surface area contributed by atoms with Gasteiger partial charge in [-0.05, 0) is 11.8 Å². The van der Waals surface area contributed by atoms with Gasteiger partial charge in [-0.3, -0.25) is 0 Å². The van der Waals surface area contributed by atoms with Gasteiger partial charge in [0.15, 0.2) is 0 Å². The second-order valence-electron chi connectivity index (χ2n) is 3.04. The molecule has 0 heterocycles. The molecule has 0 saturated heterocycles. The minimum absolute atomic E-state index is 0. The predicted molar refractivity (Wildman–Crippen MR) is 63.1 cm³/mol. The van der Waals surface area contributed by atoms with Gasteiger partial charge >= 0.3 is 5.97 Å². The fourth-order valence-corrected chi connectivity index (χ4v) is 0.853. The number of aromatic carboxylic acids is 1. The molecule has 1 amide bonds. The van der Waals surface area contributed by atoms with Crippen LogP contribution in [0.1, 0.15) is 30.6 Å². The van der Waals surface area contributed by atoms with E-state index in [9.17, 15) is 9.59 Å². The second-order valence-corrected chi connectivity index (χ2v) is 3.04. The molecule has 0 aliphatic heterocycles. The average molecular weight is 480 g/mol. The third kappa shape index (κ3) is 5.41. The molecule has 17 heavy (non-hydrogen) atoms. The van der Waals surface area contributed by atoms with E-state index in [2.05, 4.69) is 19.2 Å². The Morgan fingerprint density at radius 3 is 2.41 bits per heavy atom. The van der Waals surface area contributed by atoms with Crippen molar-refractivity contribution in [1.82, 2.24) is 0 Å². The molecule has 6 heteroatoms. The number of hydrogen-bond acceptors (Lipinski definition) is 3. The molecule has 0 spiro atoms. The minimum Gasteiger partial charge on any atom is -0.489 e. The second kappa shape index (κ2) is 8.28. The number of hydrogen-bond donors (Lipinski definition) is 3. The Bertz CT molecular complexity index is 370. The Morgan fingerprint density at radius 2 is 2.00 bits per heavy atom. The Kier molecular flexibility index (Phi) is 7.99. The molecular formula is C11H15FmN2O3-. The summed E-state index contributed by atoms with van der Waals surface area (Å²) >= 11 is 0. The van der Waals surface area contributed by atoms with E-state index < -0.39 is 5.97 Å². The Labute approximate surface area is 94.3 Å². The molecule has 100 valence electrons. The maximum Gasteiger partial charge on any atom is 0.334 e. The van der Waals surface area contributed by atoms with Gasteiger partial charge in [0.05, 0.1) is 6.41 Å². The average Bonchev–Trinajstić information content (AvgIpc) is 2.22. The van der Waals surface area contributed by atoms with E-state index in [-0.39, 0.29) is 11.3 Å². The number of nitrogen functional groups attached to an aromatic ring is 1. The van der Waals surface area contributed by atoms with Crippen LogP contribution < -0.4 is 11.1 Å². The molecule has 1 aromatic rings. The van der Waals surface area contributed by atoms with Gasteiger partial charge in [-0.1, -0.05) is 32.0 Å². The number of carbonyl (C=O) groups excluding carboxylic acids is 1. The Balaban J connectivity index is 0. The first-order valence-corrected chi connectivity index (χ1v) is 4.82. The van der Waals surface area contributed by atoms with Crippen LogP contribution in [0.5, 0.6) is 0 Å². The van der Waals surface area contributed by atoms with E-state index in [1.54, 1.807) is 0 Å². The molecule has 0 unspecified atom stereocenters. The van der Waals surface area contributed by atoms with Gasteiger partial charge in [-0.25, -0.2) is 4.79 Å². The normalized spacial score (nSPS) is 8.12. The summed E-state index contributed by atoms with van der Waals surface area (Å²) in [6, 6.07) is 4.03. The number of carboxylic acids is 1. The van der Waals surface area contributed by atoms with Gasteiger partial charge in [-0.15, -0.1) is 6.07 Å². The maximum absolute atomic E-state index is 10.5. The van der Waals surface area contributed by atoms with E-state index in [1.807, 2.05) is 0 Å². The summed E-state index contributed by atoms with van der Waals surface area (Å²) in [7, 11) is 0. The zero-order valence-electron chi connectivity index (χ0n) is 9.57. The number of carboxylic acid groups (broad SMARTS) is 1. The molecule has 0 aliphatic carbocycles. The number of nitrogens with two attached hydrogens (primary N) is 1. The minimum atomic E-state index is -1.08. The van der Waals surface area contributed by atoms with Crippen LogP contribution in [0.3, 0.4) is 0 Å². The van der Waals surface area contributed by atoms with Gasteiger partial charge in [0.1, 0.15) is 0 Å². The number of benzene rings is 1. The summed E-state index contributed by atoms with van der Waals surface area (Å²) in [6.07, 6.45) is 2.67. The smallest absolute Gasteiger partial charge is 0.334 e. The van der Waals surface area contributed by atoms with Crippen molar-refractivity contribution in [1.29, 1.82) is 0 Å². The number of anilines is 2. The molecule has 1 aromatic carbocycles. The largest absolute Gasteiger partial charge is 0.489 e. The Morgan fingerprint density at radius 1 is 1.47 bits per heavy atom. The fraction of sp³-hybridized carbons (Fsp3) is 0.273. The molecule has 0 aromatic heterocycles. The standard InChI is InChI=1S/C8H7N2O3.C3H8.Fm/c9-6-2-1-5(8(12)13)3-7(6)10-4-11;1-3-2;/h1-3H,9H2,(H,10,11)(H,12,13);3H2,1-2H3;/q-1;;. The van der Waals surface area contributed by atoms with Crippen molar-refractivity contribution in [3.63, 3.8) is 0 Å². The van der Waals surface area contributed by atoms with E-state index in [1.165, 1.54) is 31.0 Å². The quantitative estimate of drug-likeness (QED) is 0.350. The van der Waals surface area contributed by atoms with Crippen LogP contribution in [0.2, 0.25) is 0 Å². The van der Waals surface area contributed by atoms with Crippen molar-refractivity contribution in [3.8, 4) is 0 Å². The van der Waals surface area contributed by atoms with Crippen molar-refractivity contribution < 1.29 is 14.7 Å². The Hall–Kier alpha value is -3.04. The van der Waals surface area contributed by atoms with Crippen LogP contribution in [0, 0.1) is 0 Å². The summed E-state index contributed by atoms with van der Waals surface area (Å²) < 4.78 is 0.